The molecule has 0 amide bonds. The molecule has 3 aromatic rings. The van der Waals surface area contributed by atoms with Crippen LogP contribution in [-0.2, 0) is 13.0 Å². The van der Waals surface area contributed by atoms with E-state index in [4.69, 9.17) is 39.3 Å². The van der Waals surface area contributed by atoms with Gasteiger partial charge in [-0.15, -0.1) is 11.3 Å². The second-order valence-corrected chi connectivity index (χ2v) is 9.55. The van der Waals surface area contributed by atoms with E-state index in [1.165, 1.54) is 10.4 Å². The minimum absolute atomic E-state index is 0.178. The van der Waals surface area contributed by atoms with Gasteiger partial charge in [-0.3, -0.25) is 5.41 Å². The number of anilines is 1. The minimum atomic E-state index is 0.178. The van der Waals surface area contributed by atoms with E-state index in [1.54, 1.807) is 11.3 Å². The molecule has 0 fully saturated rings. The molecule has 0 aliphatic heterocycles. The van der Waals surface area contributed by atoms with Crippen LogP contribution in [0.25, 0.3) is 11.3 Å². The average molecular weight is 461 g/mol. The smallest absolute Gasteiger partial charge is 0.186 e. The zero-order chi connectivity index (χ0) is 21.7. The average Bonchev–Trinajstić information content (AvgIpc) is 3.11. The molecule has 1 heterocycles. The molecule has 0 saturated carbocycles. The summed E-state index contributed by atoms with van der Waals surface area (Å²) < 4.78 is 0. The first kappa shape index (κ1) is 22.6. The topological polar surface area (TPSA) is 66.0 Å². The maximum atomic E-state index is 7.65. The number of rotatable bonds is 9. The van der Waals surface area contributed by atoms with Gasteiger partial charge in [-0.25, -0.2) is 4.98 Å². The van der Waals surface area contributed by atoms with Crippen molar-refractivity contribution < 1.29 is 0 Å². The van der Waals surface area contributed by atoms with Crippen molar-refractivity contribution in [1.29, 1.82) is 5.41 Å². The maximum Gasteiger partial charge on any atom is 0.186 e. The Morgan fingerprint density at radius 2 is 1.87 bits per heavy atom. The van der Waals surface area contributed by atoms with Gasteiger partial charge < -0.3 is 10.6 Å². The lowest BCUT2D eigenvalue weighted by Crippen LogP contribution is -2.27. The van der Waals surface area contributed by atoms with Gasteiger partial charge in [-0.1, -0.05) is 73.4 Å². The molecule has 2 aromatic carbocycles. The van der Waals surface area contributed by atoms with Gasteiger partial charge in [0.05, 0.1) is 21.6 Å². The number of amidine groups is 1. The molecule has 4 nitrogen and oxygen atoms in total. The van der Waals surface area contributed by atoms with E-state index >= 15 is 0 Å². The molecule has 0 radical (unpaired) electrons. The van der Waals surface area contributed by atoms with E-state index in [9.17, 15) is 0 Å². The monoisotopic (exact) mass is 460 g/mol. The number of nitrogens with zero attached hydrogens (tertiary/aromatic N) is 2. The Hall–Kier alpha value is -2.08. The lowest BCUT2D eigenvalue weighted by molar-refractivity contribution is 0.654. The molecule has 0 unspecified atom stereocenters. The zero-order valence-electron chi connectivity index (χ0n) is 17.2. The molecule has 0 atom stereocenters. The molecule has 0 aliphatic carbocycles. The Balaban J connectivity index is 2.00. The third-order valence-corrected chi connectivity index (χ3v) is 6.49. The number of halogens is 2. The summed E-state index contributed by atoms with van der Waals surface area (Å²) in [7, 11) is 0. The number of thiazole rings is 1. The molecule has 0 spiro atoms. The van der Waals surface area contributed by atoms with Crippen molar-refractivity contribution >= 4 is 45.5 Å². The number of nitrogens with two attached hydrogens (primary N) is 1. The Labute approximate surface area is 192 Å². The Morgan fingerprint density at radius 3 is 2.50 bits per heavy atom. The molecular weight excluding hydrogens is 435 g/mol. The highest BCUT2D eigenvalue weighted by Crippen LogP contribution is 2.37. The summed E-state index contributed by atoms with van der Waals surface area (Å²) in [5.41, 5.74) is 8.75. The van der Waals surface area contributed by atoms with Crippen LogP contribution in [0, 0.1) is 11.3 Å². The molecule has 0 aliphatic rings. The predicted molar refractivity (Wildman–Crippen MR) is 130 cm³/mol. The van der Waals surface area contributed by atoms with Gasteiger partial charge in [0.2, 0.25) is 0 Å². The third-order valence-electron chi connectivity index (χ3n) is 4.61. The summed E-state index contributed by atoms with van der Waals surface area (Å²) in [6.07, 6.45) is 1.42. The van der Waals surface area contributed by atoms with E-state index in [0.717, 1.165) is 22.8 Å². The second-order valence-electron chi connectivity index (χ2n) is 7.68. The van der Waals surface area contributed by atoms with Gasteiger partial charge in [-0.2, -0.15) is 0 Å². The van der Waals surface area contributed by atoms with Crippen molar-refractivity contribution in [2.24, 2.45) is 11.7 Å². The van der Waals surface area contributed by atoms with Crippen LogP contribution in [0.4, 0.5) is 5.13 Å². The van der Waals surface area contributed by atoms with E-state index < -0.39 is 0 Å². The molecule has 7 heteroatoms. The lowest BCUT2D eigenvalue weighted by atomic mass is 10.0. The number of hydrogen-bond acceptors (Lipinski definition) is 4. The standard InChI is InChI=1S/C23H26Cl2N4S/c1-15(2)12-20-22(17-8-9-18(24)19(25)13-17)28-23(30-20)29(11-10-21(26)27)14-16-6-4-3-5-7-16/h3-9,13,15H,10-12,14H2,1-2H3,(H3,26,27). The summed E-state index contributed by atoms with van der Waals surface area (Å²) in [6, 6.07) is 15.9. The van der Waals surface area contributed by atoms with Crippen molar-refractivity contribution in [1.82, 2.24) is 4.98 Å². The van der Waals surface area contributed by atoms with E-state index in [1.807, 2.05) is 36.4 Å². The molecule has 158 valence electrons. The molecule has 3 N–H and O–H groups in total. The highest BCUT2D eigenvalue weighted by atomic mass is 35.5. The molecule has 0 bridgehead atoms. The van der Waals surface area contributed by atoms with Gasteiger partial charge in [0.25, 0.3) is 0 Å². The van der Waals surface area contributed by atoms with Crippen LogP contribution in [0.2, 0.25) is 10.0 Å². The first-order chi connectivity index (χ1) is 14.3. The Bertz CT molecular complexity index is 1000. The predicted octanol–water partition coefficient (Wildman–Crippen LogP) is 6.65. The normalized spacial score (nSPS) is 11.1. The molecule has 0 saturated heterocycles. The highest BCUT2D eigenvalue weighted by molar-refractivity contribution is 7.16. The van der Waals surface area contributed by atoms with Crippen LogP contribution in [0.5, 0.6) is 0 Å². The van der Waals surface area contributed by atoms with Crippen LogP contribution in [0.3, 0.4) is 0 Å². The zero-order valence-corrected chi connectivity index (χ0v) is 19.5. The molecular formula is C23H26Cl2N4S. The number of aromatic nitrogens is 1. The SMILES string of the molecule is CC(C)Cc1sc(N(CCC(=N)N)Cc2ccccc2)nc1-c1ccc(Cl)c(Cl)c1. The number of nitrogens with one attached hydrogen (secondary N) is 1. The van der Waals surface area contributed by atoms with Crippen LogP contribution in [0.1, 0.15) is 30.7 Å². The Morgan fingerprint density at radius 1 is 1.13 bits per heavy atom. The first-order valence-electron chi connectivity index (χ1n) is 9.90. The Kier molecular flexibility index (Phi) is 7.75. The molecule has 30 heavy (non-hydrogen) atoms. The summed E-state index contributed by atoms with van der Waals surface area (Å²) in [5.74, 6) is 0.677. The molecule has 3 rings (SSSR count). The van der Waals surface area contributed by atoms with Crippen molar-refractivity contribution in [3.05, 3.63) is 69.0 Å². The second kappa shape index (κ2) is 10.3. The summed E-state index contributed by atoms with van der Waals surface area (Å²) in [5, 5.41) is 9.64. The fourth-order valence-corrected chi connectivity index (χ4v) is 4.77. The molecule has 1 aromatic heterocycles. The number of benzene rings is 2. The van der Waals surface area contributed by atoms with Crippen LogP contribution in [0.15, 0.2) is 48.5 Å². The summed E-state index contributed by atoms with van der Waals surface area (Å²) in [4.78, 5) is 8.43. The quantitative estimate of drug-likeness (QED) is 0.277. The van der Waals surface area contributed by atoms with E-state index in [0.29, 0.717) is 35.5 Å². The van der Waals surface area contributed by atoms with Crippen molar-refractivity contribution in [2.75, 3.05) is 11.4 Å². The first-order valence-corrected chi connectivity index (χ1v) is 11.5. The van der Waals surface area contributed by atoms with Crippen LogP contribution >= 0.6 is 34.5 Å². The van der Waals surface area contributed by atoms with E-state index in [2.05, 4.69) is 30.9 Å². The van der Waals surface area contributed by atoms with Crippen molar-refractivity contribution in [3.8, 4) is 11.3 Å². The van der Waals surface area contributed by atoms with Gasteiger partial charge in [-0.05, 0) is 30.0 Å². The van der Waals surface area contributed by atoms with Gasteiger partial charge in [0.15, 0.2) is 5.13 Å². The van der Waals surface area contributed by atoms with E-state index in [-0.39, 0.29) is 5.84 Å². The summed E-state index contributed by atoms with van der Waals surface area (Å²) >= 11 is 14.1. The van der Waals surface area contributed by atoms with Crippen LogP contribution in [-0.4, -0.2) is 17.4 Å². The minimum Gasteiger partial charge on any atom is -0.388 e. The van der Waals surface area contributed by atoms with Gasteiger partial charge in [0, 0.05) is 30.0 Å². The van der Waals surface area contributed by atoms with Gasteiger partial charge >= 0.3 is 0 Å². The van der Waals surface area contributed by atoms with Crippen LogP contribution < -0.4 is 10.6 Å². The third kappa shape index (κ3) is 5.97. The highest BCUT2D eigenvalue weighted by Gasteiger charge is 2.19. The summed E-state index contributed by atoms with van der Waals surface area (Å²) in [6.45, 7) is 5.76. The lowest BCUT2D eigenvalue weighted by Gasteiger charge is -2.21. The number of hydrogen-bond donors (Lipinski definition) is 2. The van der Waals surface area contributed by atoms with Crippen molar-refractivity contribution in [3.63, 3.8) is 0 Å². The van der Waals surface area contributed by atoms with Crippen molar-refractivity contribution in [2.45, 2.75) is 33.2 Å². The maximum absolute atomic E-state index is 7.65. The fraction of sp³-hybridized carbons (Fsp3) is 0.304. The largest absolute Gasteiger partial charge is 0.388 e. The van der Waals surface area contributed by atoms with Gasteiger partial charge in [0.1, 0.15) is 0 Å². The fourth-order valence-electron chi connectivity index (χ4n) is 3.15.